The molecule has 2 heterocycles. The van der Waals surface area contributed by atoms with Crippen LogP contribution in [0.3, 0.4) is 0 Å². The second-order valence-corrected chi connectivity index (χ2v) is 12.7. The van der Waals surface area contributed by atoms with Gasteiger partial charge in [-0.1, -0.05) is 0 Å². The van der Waals surface area contributed by atoms with E-state index in [0.717, 1.165) is 5.56 Å². The monoisotopic (exact) mass is 503 g/mol. The van der Waals surface area contributed by atoms with Crippen molar-refractivity contribution in [3.63, 3.8) is 0 Å². The Hall–Kier alpha value is -2.45. The maximum Gasteiger partial charge on any atom is 0.253 e. The molecule has 0 aliphatic carbocycles. The number of piperidine rings is 1. The van der Waals surface area contributed by atoms with Gasteiger partial charge in [0.15, 0.2) is 9.84 Å². The van der Waals surface area contributed by atoms with Crippen molar-refractivity contribution in [2.45, 2.75) is 81.8 Å². The number of hydrogen-bond donors (Lipinski definition) is 0. The van der Waals surface area contributed by atoms with E-state index in [0.29, 0.717) is 49.2 Å². The van der Waals surface area contributed by atoms with E-state index in [2.05, 4.69) is 0 Å². The summed E-state index contributed by atoms with van der Waals surface area (Å²) in [6.45, 7) is 9.96. The van der Waals surface area contributed by atoms with Crippen LogP contribution in [0.15, 0.2) is 41.3 Å². The molecule has 2 aliphatic heterocycles. The van der Waals surface area contributed by atoms with Crippen LogP contribution < -0.4 is 4.74 Å². The van der Waals surface area contributed by atoms with E-state index < -0.39 is 20.7 Å². The number of aryl methyl sites for hydroxylation is 1. The lowest BCUT2D eigenvalue weighted by Gasteiger charge is -2.47. The maximum atomic E-state index is 13.9. The van der Waals surface area contributed by atoms with Crippen LogP contribution in [0.5, 0.6) is 5.75 Å². The molecule has 190 valence electrons. The average molecular weight is 504 g/mol. The quantitative estimate of drug-likeness (QED) is 0.558. The number of carbonyl (C=O) groups is 1. The lowest BCUT2D eigenvalue weighted by molar-refractivity contribution is -0.0873. The van der Waals surface area contributed by atoms with Gasteiger partial charge in [-0.25, -0.2) is 12.8 Å². The highest BCUT2D eigenvalue weighted by molar-refractivity contribution is 7.92. The van der Waals surface area contributed by atoms with Crippen molar-refractivity contribution in [2.75, 3.05) is 13.1 Å². The van der Waals surface area contributed by atoms with Gasteiger partial charge in [0.25, 0.3) is 5.91 Å². The van der Waals surface area contributed by atoms with E-state index >= 15 is 0 Å². The van der Waals surface area contributed by atoms with E-state index in [4.69, 9.17) is 9.47 Å². The first-order chi connectivity index (χ1) is 16.4. The molecule has 2 aliphatic rings. The molecule has 35 heavy (non-hydrogen) atoms. The molecule has 0 bridgehead atoms. The number of carbonyl (C=O) groups excluding carboxylic acids is 1. The Morgan fingerprint density at radius 1 is 1.11 bits per heavy atom. The molecule has 1 saturated heterocycles. The zero-order valence-electron chi connectivity index (χ0n) is 21.0. The average Bonchev–Trinajstić information content (AvgIpc) is 2.79. The minimum atomic E-state index is -3.41. The molecule has 1 amide bonds. The van der Waals surface area contributed by atoms with Crippen molar-refractivity contribution >= 4 is 15.7 Å². The number of benzene rings is 2. The number of likely N-dealkylation sites (tertiary alicyclic amines) is 1. The van der Waals surface area contributed by atoms with Crippen molar-refractivity contribution in [3.05, 3.63) is 58.9 Å². The zero-order chi connectivity index (χ0) is 25.5. The third-order valence-electron chi connectivity index (χ3n) is 6.95. The highest BCUT2D eigenvalue weighted by Crippen LogP contribution is 2.46. The van der Waals surface area contributed by atoms with Gasteiger partial charge in [-0.15, -0.1) is 0 Å². The minimum Gasteiger partial charge on any atom is -0.487 e. The summed E-state index contributed by atoms with van der Waals surface area (Å²) in [7, 11) is -3.41. The molecule has 0 radical (unpaired) electrons. The zero-order valence-corrected chi connectivity index (χ0v) is 21.8. The van der Waals surface area contributed by atoms with Gasteiger partial charge in [-0.3, -0.25) is 4.79 Å². The number of sulfone groups is 1. The first kappa shape index (κ1) is 25.6. The van der Waals surface area contributed by atoms with Gasteiger partial charge in [0, 0.05) is 43.5 Å². The summed E-state index contributed by atoms with van der Waals surface area (Å²) in [4.78, 5) is 15.3. The fraction of sp³-hybridized carbons (Fsp3) is 0.519. The molecular formula is C27H34FNO5S. The van der Waals surface area contributed by atoms with Crippen LogP contribution in [0.4, 0.5) is 4.39 Å². The van der Waals surface area contributed by atoms with Crippen molar-refractivity contribution < 1.29 is 27.1 Å². The summed E-state index contributed by atoms with van der Waals surface area (Å²) in [6.07, 6.45) is 1.58. The topological polar surface area (TPSA) is 72.9 Å². The fourth-order valence-electron chi connectivity index (χ4n) is 5.00. The van der Waals surface area contributed by atoms with Crippen LogP contribution >= 0.6 is 0 Å². The van der Waals surface area contributed by atoms with Gasteiger partial charge in [0.2, 0.25) is 0 Å². The van der Waals surface area contributed by atoms with E-state index in [-0.39, 0.29) is 28.8 Å². The summed E-state index contributed by atoms with van der Waals surface area (Å²) in [5.74, 6) is 0.203. The minimum absolute atomic E-state index is 0.0151. The van der Waals surface area contributed by atoms with Gasteiger partial charge >= 0.3 is 0 Å². The summed E-state index contributed by atoms with van der Waals surface area (Å²) in [5.41, 5.74) is 1.31. The van der Waals surface area contributed by atoms with Gasteiger partial charge in [0.05, 0.1) is 22.4 Å². The number of nitrogens with zero attached hydrogens (tertiary/aromatic N) is 1. The van der Waals surface area contributed by atoms with Gasteiger partial charge < -0.3 is 14.4 Å². The predicted octanol–water partition coefficient (Wildman–Crippen LogP) is 5.24. The van der Waals surface area contributed by atoms with Crippen LogP contribution in [-0.4, -0.2) is 49.3 Å². The van der Waals surface area contributed by atoms with E-state index in [1.807, 2.05) is 13.8 Å². The molecule has 6 nitrogen and oxygen atoms in total. The Morgan fingerprint density at radius 2 is 1.80 bits per heavy atom. The van der Waals surface area contributed by atoms with Crippen molar-refractivity contribution in [3.8, 4) is 5.75 Å². The van der Waals surface area contributed by atoms with E-state index in [9.17, 15) is 17.6 Å². The summed E-state index contributed by atoms with van der Waals surface area (Å²) in [6, 6.07) is 9.35. The first-order valence-corrected chi connectivity index (χ1v) is 13.7. The van der Waals surface area contributed by atoms with Crippen molar-refractivity contribution in [1.82, 2.24) is 4.90 Å². The molecule has 4 rings (SSSR count). The van der Waals surface area contributed by atoms with Gasteiger partial charge in [0.1, 0.15) is 17.2 Å². The number of ether oxygens (including phenoxy) is 2. The van der Waals surface area contributed by atoms with Crippen LogP contribution in [0, 0.1) is 12.7 Å². The molecule has 1 atom stereocenters. The third kappa shape index (κ3) is 5.09. The Labute approximate surface area is 207 Å². The Balaban J connectivity index is 1.50. The Kier molecular flexibility index (Phi) is 6.99. The second-order valence-electron chi connectivity index (χ2n) is 10.2. The molecular weight excluding hydrogens is 469 g/mol. The van der Waals surface area contributed by atoms with Crippen LogP contribution in [-0.2, 0) is 14.6 Å². The number of halogens is 1. The normalized spacial score (nSPS) is 19.7. The van der Waals surface area contributed by atoms with Crippen LogP contribution in [0.25, 0.3) is 0 Å². The Morgan fingerprint density at radius 3 is 2.40 bits per heavy atom. The molecule has 8 heteroatoms. The smallest absolute Gasteiger partial charge is 0.253 e. The Bertz CT molecular complexity index is 1220. The lowest BCUT2D eigenvalue weighted by Crippen LogP contribution is -2.52. The lowest BCUT2D eigenvalue weighted by atomic mass is 9.81. The summed E-state index contributed by atoms with van der Waals surface area (Å²) in [5, 5.41) is -0.526. The van der Waals surface area contributed by atoms with Gasteiger partial charge in [-0.05, 0) is 76.6 Å². The van der Waals surface area contributed by atoms with Crippen molar-refractivity contribution in [2.24, 2.45) is 0 Å². The first-order valence-electron chi connectivity index (χ1n) is 12.2. The molecule has 1 fully saturated rings. The largest absolute Gasteiger partial charge is 0.487 e. The molecule has 2 aromatic rings. The third-order valence-corrected chi connectivity index (χ3v) is 9.26. The predicted molar refractivity (Wildman–Crippen MR) is 132 cm³/mol. The number of fused-ring (bicyclic) bond motifs is 1. The molecule has 0 N–H and O–H groups in total. The maximum absolute atomic E-state index is 13.9. The molecule has 2 aromatic carbocycles. The van der Waals surface area contributed by atoms with E-state index in [1.165, 1.54) is 18.2 Å². The van der Waals surface area contributed by atoms with Crippen molar-refractivity contribution in [1.29, 1.82) is 0 Å². The fourth-order valence-corrected chi connectivity index (χ4v) is 6.27. The molecule has 0 unspecified atom stereocenters. The molecule has 1 spiro atoms. The second kappa shape index (κ2) is 9.54. The van der Waals surface area contributed by atoms with Gasteiger partial charge in [-0.2, -0.15) is 0 Å². The highest BCUT2D eigenvalue weighted by atomic mass is 32.2. The van der Waals surface area contributed by atoms with Crippen LogP contribution in [0.1, 0.15) is 74.5 Å². The summed E-state index contributed by atoms with van der Waals surface area (Å²) >= 11 is 0. The van der Waals surface area contributed by atoms with Crippen LogP contribution in [0.2, 0.25) is 0 Å². The number of amides is 1. The SMILES string of the molecule is Cc1cc(C(=O)N2CCC3(CC2)C[C@@H](OC(C)C)c2cc(F)ccc2O3)ccc1S(=O)(=O)C(C)C. The summed E-state index contributed by atoms with van der Waals surface area (Å²) < 4.78 is 51.6. The highest BCUT2D eigenvalue weighted by Gasteiger charge is 2.45. The standard InChI is InChI=1S/C27H34FNO5S/c1-17(2)33-24-16-27(34-23-8-7-21(28)15-22(23)24)10-12-29(13-11-27)26(30)20-6-9-25(19(5)14-20)35(31,32)18(3)4/h6-9,14-15,17-18,24H,10-13,16H2,1-5H3/t24-/m1/s1. The van der Waals surface area contributed by atoms with E-state index in [1.54, 1.807) is 43.9 Å². The number of rotatable bonds is 5. The molecule has 0 aromatic heterocycles. The molecule has 0 saturated carbocycles. The number of hydrogen-bond acceptors (Lipinski definition) is 5.